The molecule has 0 spiro atoms. The lowest BCUT2D eigenvalue weighted by Gasteiger charge is -2.24. The van der Waals surface area contributed by atoms with E-state index >= 15 is 0 Å². The molecule has 10 nitrogen and oxygen atoms in total. The number of hydrogen-bond donors (Lipinski definition) is 2. The van der Waals surface area contributed by atoms with Gasteiger partial charge in [0.25, 0.3) is 0 Å². The Labute approximate surface area is 215 Å². The Hall–Kier alpha value is -3.90. The molecule has 2 N–H and O–H groups in total. The van der Waals surface area contributed by atoms with Crippen molar-refractivity contribution >= 4 is 23.5 Å². The summed E-state index contributed by atoms with van der Waals surface area (Å²) in [5.74, 6) is 0.0284. The molecule has 0 bridgehead atoms. The normalized spacial score (nSPS) is 11.6. The maximum absolute atomic E-state index is 11.4. The Morgan fingerprint density at radius 2 is 1.17 bits per heavy atom. The lowest BCUT2D eigenvalue weighted by molar-refractivity contribution is 0.413. The van der Waals surface area contributed by atoms with Crippen molar-refractivity contribution < 1.29 is 10.2 Å². The third-order valence-electron chi connectivity index (χ3n) is 5.27. The lowest BCUT2D eigenvalue weighted by Crippen LogP contribution is -2.12. The number of aromatic hydroxyl groups is 2. The van der Waals surface area contributed by atoms with E-state index in [0.29, 0.717) is 25.7 Å². The molecule has 0 aliphatic heterocycles. The van der Waals surface area contributed by atoms with E-state index in [-0.39, 0.29) is 11.5 Å². The summed E-state index contributed by atoms with van der Waals surface area (Å²) in [4.78, 5) is 0.791. The molecule has 0 fully saturated rings. The van der Waals surface area contributed by atoms with E-state index in [2.05, 4.69) is 31.1 Å². The van der Waals surface area contributed by atoms with Gasteiger partial charge in [-0.3, -0.25) is 0 Å². The number of phenols is 2. The SMILES string of the molecule is CC(C)(C)c1cc(O)c(Sc2nnnn2-c2ccccc2)c(Sc2nnnn2-c2ccccc2)c1O. The molecule has 182 valence electrons. The number of nitrogens with zero attached hydrogens (tertiary/aromatic N) is 8. The van der Waals surface area contributed by atoms with Gasteiger partial charge in [-0.1, -0.05) is 57.2 Å². The highest BCUT2D eigenvalue weighted by molar-refractivity contribution is 8.02. The highest BCUT2D eigenvalue weighted by Gasteiger charge is 2.28. The van der Waals surface area contributed by atoms with Crippen LogP contribution in [0.25, 0.3) is 11.4 Å². The summed E-state index contributed by atoms with van der Waals surface area (Å²) in [6, 6.07) is 20.5. The Bertz CT molecular complexity index is 1500. The standard InChI is InChI=1S/C24H22N8O2S2/c1-24(2,3)17-14-18(33)20(35-22-25-27-29-31(22)15-10-6-4-7-11-15)21(19(17)34)36-23-26-28-30-32(23)16-12-8-5-9-13-16/h4-14,33-34H,1-3H3. The van der Waals surface area contributed by atoms with Crippen molar-refractivity contribution in [3.05, 3.63) is 72.3 Å². The first kappa shape index (κ1) is 23.8. The highest BCUT2D eigenvalue weighted by atomic mass is 32.2. The zero-order valence-corrected chi connectivity index (χ0v) is 21.3. The Kier molecular flexibility index (Phi) is 6.37. The molecule has 0 atom stereocenters. The molecule has 2 aromatic heterocycles. The molecule has 0 amide bonds. The summed E-state index contributed by atoms with van der Waals surface area (Å²) in [6.45, 7) is 5.90. The predicted molar refractivity (Wildman–Crippen MR) is 135 cm³/mol. The van der Waals surface area contributed by atoms with Gasteiger partial charge < -0.3 is 10.2 Å². The minimum Gasteiger partial charge on any atom is -0.507 e. The fourth-order valence-electron chi connectivity index (χ4n) is 3.51. The molecule has 12 heteroatoms. The average molecular weight is 519 g/mol. The van der Waals surface area contributed by atoms with E-state index in [1.165, 1.54) is 0 Å². The predicted octanol–water partition coefficient (Wildman–Crippen LogP) is 4.65. The van der Waals surface area contributed by atoms with E-state index < -0.39 is 5.41 Å². The van der Waals surface area contributed by atoms with Crippen molar-refractivity contribution in [1.29, 1.82) is 0 Å². The van der Waals surface area contributed by atoms with Crippen LogP contribution in [-0.4, -0.2) is 50.6 Å². The molecule has 0 saturated heterocycles. The highest BCUT2D eigenvalue weighted by Crippen LogP contribution is 2.51. The van der Waals surface area contributed by atoms with Gasteiger partial charge in [-0.15, -0.1) is 10.2 Å². The molecule has 0 unspecified atom stereocenters. The van der Waals surface area contributed by atoms with Gasteiger partial charge in [-0.2, -0.15) is 9.36 Å². The number of benzene rings is 3. The zero-order chi connectivity index (χ0) is 25.3. The number of tetrazole rings is 2. The van der Waals surface area contributed by atoms with Crippen LogP contribution in [0, 0.1) is 0 Å². The Balaban J connectivity index is 1.62. The van der Waals surface area contributed by atoms with Crippen LogP contribution in [0.5, 0.6) is 11.5 Å². The van der Waals surface area contributed by atoms with Crippen molar-refractivity contribution in [3.63, 3.8) is 0 Å². The molecule has 2 heterocycles. The number of para-hydroxylation sites is 2. The quantitative estimate of drug-likeness (QED) is 0.307. The van der Waals surface area contributed by atoms with E-state index in [9.17, 15) is 10.2 Å². The van der Waals surface area contributed by atoms with Gasteiger partial charge in [-0.25, -0.2) is 0 Å². The summed E-state index contributed by atoms with van der Waals surface area (Å²) in [7, 11) is 0. The number of hydrogen-bond acceptors (Lipinski definition) is 10. The summed E-state index contributed by atoms with van der Waals surface area (Å²) in [5.41, 5.74) is 1.69. The van der Waals surface area contributed by atoms with Gasteiger partial charge in [0.1, 0.15) is 11.5 Å². The van der Waals surface area contributed by atoms with Crippen molar-refractivity contribution in [2.75, 3.05) is 0 Å². The molecule has 0 aliphatic carbocycles. The summed E-state index contributed by atoms with van der Waals surface area (Å²) in [5, 5.41) is 47.6. The molecule has 0 radical (unpaired) electrons. The molecule has 3 aromatic carbocycles. The van der Waals surface area contributed by atoms with E-state index in [1.807, 2.05) is 81.4 Å². The van der Waals surface area contributed by atoms with Crippen LogP contribution >= 0.6 is 23.5 Å². The number of aromatic nitrogens is 8. The van der Waals surface area contributed by atoms with Crippen molar-refractivity contribution in [3.8, 4) is 22.9 Å². The molecule has 0 aliphatic rings. The molecular formula is C24H22N8O2S2. The second-order valence-electron chi connectivity index (χ2n) is 8.82. The van der Waals surface area contributed by atoms with Gasteiger partial charge in [0.05, 0.1) is 21.2 Å². The maximum Gasteiger partial charge on any atom is 0.219 e. The van der Waals surface area contributed by atoms with Crippen molar-refractivity contribution in [2.45, 2.75) is 46.3 Å². The topological polar surface area (TPSA) is 128 Å². The third kappa shape index (κ3) is 4.64. The van der Waals surface area contributed by atoms with Crippen LogP contribution < -0.4 is 0 Å². The molecule has 5 rings (SSSR count). The minimum absolute atomic E-state index is 0.00780. The van der Waals surface area contributed by atoms with Crippen LogP contribution in [0.3, 0.4) is 0 Å². The Morgan fingerprint density at radius 3 is 1.64 bits per heavy atom. The largest absolute Gasteiger partial charge is 0.507 e. The van der Waals surface area contributed by atoms with Gasteiger partial charge in [0, 0.05) is 5.56 Å². The zero-order valence-electron chi connectivity index (χ0n) is 19.6. The van der Waals surface area contributed by atoms with E-state index in [1.54, 1.807) is 15.4 Å². The lowest BCUT2D eigenvalue weighted by atomic mass is 9.86. The maximum atomic E-state index is 11.4. The smallest absolute Gasteiger partial charge is 0.219 e. The monoisotopic (exact) mass is 518 g/mol. The van der Waals surface area contributed by atoms with Gasteiger partial charge in [0.15, 0.2) is 0 Å². The van der Waals surface area contributed by atoms with E-state index in [4.69, 9.17) is 0 Å². The summed E-state index contributed by atoms with van der Waals surface area (Å²) < 4.78 is 3.15. The van der Waals surface area contributed by atoms with Crippen LogP contribution in [0.15, 0.2) is 86.8 Å². The van der Waals surface area contributed by atoms with Crippen molar-refractivity contribution in [2.24, 2.45) is 0 Å². The van der Waals surface area contributed by atoms with E-state index in [0.717, 1.165) is 34.9 Å². The summed E-state index contributed by atoms with van der Waals surface area (Å²) in [6.07, 6.45) is 0. The number of rotatable bonds is 6. The van der Waals surface area contributed by atoms with Gasteiger partial charge >= 0.3 is 0 Å². The second kappa shape index (κ2) is 9.63. The van der Waals surface area contributed by atoms with Crippen LogP contribution in [0.1, 0.15) is 26.3 Å². The molecule has 5 aromatic rings. The first-order valence-corrected chi connectivity index (χ1v) is 12.6. The van der Waals surface area contributed by atoms with Crippen LogP contribution in [-0.2, 0) is 5.41 Å². The summed E-state index contributed by atoms with van der Waals surface area (Å²) >= 11 is 2.30. The fourth-order valence-corrected chi connectivity index (χ4v) is 5.50. The Morgan fingerprint density at radius 1 is 0.694 bits per heavy atom. The second-order valence-corrected chi connectivity index (χ2v) is 10.8. The third-order valence-corrected chi connectivity index (χ3v) is 7.49. The van der Waals surface area contributed by atoms with Gasteiger partial charge in [-0.05, 0) is 80.1 Å². The average Bonchev–Trinajstić information content (AvgIpc) is 3.53. The van der Waals surface area contributed by atoms with Crippen LogP contribution in [0.4, 0.5) is 0 Å². The molecule has 0 saturated carbocycles. The van der Waals surface area contributed by atoms with Crippen LogP contribution in [0.2, 0.25) is 0 Å². The van der Waals surface area contributed by atoms with Gasteiger partial charge in [0.2, 0.25) is 10.3 Å². The number of phenolic OH excluding ortho intramolecular Hbond substituents is 2. The molecular weight excluding hydrogens is 496 g/mol. The first-order valence-electron chi connectivity index (χ1n) is 11.0. The van der Waals surface area contributed by atoms with Crippen molar-refractivity contribution in [1.82, 2.24) is 40.4 Å². The fraction of sp³-hybridized carbons (Fsp3) is 0.167. The first-order chi connectivity index (χ1) is 17.3. The minimum atomic E-state index is -0.433. The molecule has 36 heavy (non-hydrogen) atoms.